The van der Waals surface area contributed by atoms with Crippen molar-refractivity contribution in [3.05, 3.63) is 59.3 Å². The fourth-order valence-electron chi connectivity index (χ4n) is 2.98. The Morgan fingerprint density at radius 3 is 2.43 bits per heavy atom. The van der Waals surface area contributed by atoms with Crippen molar-refractivity contribution < 1.29 is 14.0 Å². The first-order valence-corrected chi connectivity index (χ1v) is 9.10. The molecule has 0 bridgehead atoms. The fourth-order valence-corrected chi connectivity index (χ4v) is 2.98. The van der Waals surface area contributed by atoms with E-state index in [2.05, 4.69) is 10.4 Å². The van der Waals surface area contributed by atoms with E-state index in [-0.39, 0.29) is 23.4 Å². The first-order valence-electron chi connectivity index (χ1n) is 9.10. The normalized spacial score (nSPS) is 13.4. The molecule has 0 atom stereocenters. The number of hydrogen-bond acceptors (Lipinski definition) is 5. The van der Waals surface area contributed by atoms with Crippen LogP contribution in [-0.2, 0) is 0 Å². The van der Waals surface area contributed by atoms with E-state index in [1.165, 1.54) is 6.92 Å². The van der Waals surface area contributed by atoms with Crippen LogP contribution in [0.25, 0.3) is 22.6 Å². The molecule has 28 heavy (non-hydrogen) atoms. The van der Waals surface area contributed by atoms with E-state index in [4.69, 9.17) is 9.83 Å². The molecule has 1 heterocycles. The van der Waals surface area contributed by atoms with Gasteiger partial charge in [-0.15, -0.1) is 9.78 Å². The van der Waals surface area contributed by atoms with Gasteiger partial charge in [0, 0.05) is 24.1 Å². The molecule has 1 aliphatic rings. The third-order valence-corrected chi connectivity index (χ3v) is 4.73. The highest BCUT2D eigenvalue weighted by molar-refractivity contribution is 5.96. The minimum Gasteiger partial charge on any atom is -0.403 e. The van der Waals surface area contributed by atoms with Crippen LogP contribution in [0.2, 0.25) is 0 Å². The molecule has 1 aliphatic carbocycles. The molecule has 7 heteroatoms. The number of amides is 1. The second-order valence-corrected chi connectivity index (χ2v) is 7.00. The Hall–Kier alpha value is -3.48. The van der Waals surface area contributed by atoms with Crippen molar-refractivity contribution in [3.63, 3.8) is 0 Å². The lowest BCUT2D eigenvalue weighted by atomic mass is 9.97. The molecule has 0 unspecified atom stereocenters. The maximum absolute atomic E-state index is 12.3. The van der Waals surface area contributed by atoms with Crippen molar-refractivity contribution in [2.24, 2.45) is 0 Å². The second kappa shape index (κ2) is 6.92. The molecule has 0 radical (unpaired) electrons. The van der Waals surface area contributed by atoms with E-state index in [1.807, 2.05) is 49.4 Å². The third kappa shape index (κ3) is 3.51. The van der Waals surface area contributed by atoms with Gasteiger partial charge in [0.1, 0.15) is 0 Å². The van der Waals surface area contributed by atoms with Crippen molar-refractivity contribution in [1.82, 2.24) is 15.1 Å². The third-order valence-electron chi connectivity index (χ3n) is 4.73. The lowest BCUT2D eigenvalue weighted by Gasteiger charge is -2.10. The van der Waals surface area contributed by atoms with Crippen molar-refractivity contribution in [3.8, 4) is 22.6 Å². The Kier molecular flexibility index (Phi) is 4.43. The maximum Gasteiger partial charge on any atom is 0.320 e. The van der Waals surface area contributed by atoms with Gasteiger partial charge in [0.2, 0.25) is 11.8 Å². The summed E-state index contributed by atoms with van der Waals surface area (Å²) in [6.45, 7) is 3.32. The molecule has 7 nitrogen and oxygen atoms in total. The van der Waals surface area contributed by atoms with Crippen LogP contribution in [0, 0.1) is 12.3 Å². The van der Waals surface area contributed by atoms with Crippen LogP contribution in [0.1, 0.15) is 40.5 Å². The largest absolute Gasteiger partial charge is 0.403 e. The molecule has 3 aromatic rings. The van der Waals surface area contributed by atoms with Crippen molar-refractivity contribution in [1.29, 1.82) is 5.41 Å². The summed E-state index contributed by atoms with van der Waals surface area (Å²) in [5.74, 6) is -0.216. The summed E-state index contributed by atoms with van der Waals surface area (Å²) in [4.78, 5) is 23.8. The number of nitrogens with one attached hydrogen (secondary N) is 2. The molecule has 2 N–H and O–H groups in total. The number of carbonyl (C=O) groups excluding carboxylic acids is 2. The highest BCUT2D eigenvalue weighted by atomic mass is 16.4. The van der Waals surface area contributed by atoms with Crippen molar-refractivity contribution in [2.75, 3.05) is 0 Å². The SMILES string of the molecule is CC(=O)n1nc(-c2ccc(-c3cc(C(=O)NC4CC4)ccc3C)cc2)oc1=N. The number of benzene rings is 2. The summed E-state index contributed by atoms with van der Waals surface area (Å²) < 4.78 is 6.18. The van der Waals surface area contributed by atoms with Crippen molar-refractivity contribution >= 4 is 11.8 Å². The molecule has 1 aromatic heterocycles. The predicted molar refractivity (Wildman–Crippen MR) is 103 cm³/mol. The summed E-state index contributed by atoms with van der Waals surface area (Å²) in [5, 5.41) is 14.7. The van der Waals surface area contributed by atoms with Gasteiger partial charge in [-0.3, -0.25) is 9.59 Å². The number of aryl methyl sites for hydroxylation is 1. The molecule has 142 valence electrons. The van der Waals surface area contributed by atoms with E-state index < -0.39 is 0 Å². The Morgan fingerprint density at radius 2 is 1.82 bits per heavy atom. The average molecular weight is 376 g/mol. The highest BCUT2D eigenvalue weighted by Crippen LogP contribution is 2.27. The topological polar surface area (TPSA) is 101 Å². The molecule has 0 spiro atoms. The van der Waals surface area contributed by atoms with E-state index in [0.29, 0.717) is 17.2 Å². The molecule has 4 rings (SSSR count). The van der Waals surface area contributed by atoms with Crippen LogP contribution in [-0.4, -0.2) is 27.6 Å². The molecule has 0 aliphatic heterocycles. The number of nitrogens with zero attached hydrogens (tertiary/aromatic N) is 2. The molecular weight excluding hydrogens is 356 g/mol. The fraction of sp³-hybridized carbons (Fsp3) is 0.238. The Balaban J connectivity index is 1.63. The Morgan fingerprint density at radius 1 is 1.14 bits per heavy atom. The summed E-state index contributed by atoms with van der Waals surface area (Å²) in [6, 6.07) is 13.5. The summed E-state index contributed by atoms with van der Waals surface area (Å²) >= 11 is 0. The monoisotopic (exact) mass is 376 g/mol. The number of rotatable bonds is 4. The van der Waals surface area contributed by atoms with Crippen LogP contribution in [0.3, 0.4) is 0 Å². The van der Waals surface area contributed by atoms with E-state index in [0.717, 1.165) is 34.2 Å². The van der Waals surface area contributed by atoms with Gasteiger partial charge >= 0.3 is 5.68 Å². The Bertz CT molecular complexity index is 1120. The lowest BCUT2D eigenvalue weighted by molar-refractivity contribution is 0.0909. The maximum atomic E-state index is 12.3. The summed E-state index contributed by atoms with van der Waals surface area (Å²) in [6.07, 6.45) is 2.10. The summed E-state index contributed by atoms with van der Waals surface area (Å²) in [5.41, 5.74) is 4.00. The highest BCUT2D eigenvalue weighted by Gasteiger charge is 2.24. The molecule has 2 aromatic carbocycles. The predicted octanol–water partition coefficient (Wildman–Crippen LogP) is 3.15. The van der Waals surface area contributed by atoms with Crippen LogP contribution in [0.4, 0.5) is 0 Å². The van der Waals surface area contributed by atoms with Crippen molar-refractivity contribution in [2.45, 2.75) is 32.7 Å². The quantitative estimate of drug-likeness (QED) is 0.730. The van der Waals surface area contributed by atoms with Gasteiger partial charge in [0.15, 0.2) is 0 Å². The van der Waals surface area contributed by atoms with Crippen LogP contribution in [0.15, 0.2) is 46.9 Å². The van der Waals surface area contributed by atoms with Crippen LogP contribution < -0.4 is 11.0 Å². The lowest BCUT2D eigenvalue weighted by Crippen LogP contribution is -2.25. The first kappa shape index (κ1) is 17.9. The second-order valence-electron chi connectivity index (χ2n) is 7.00. The zero-order valence-corrected chi connectivity index (χ0v) is 15.7. The Labute approximate surface area is 161 Å². The van der Waals surface area contributed by atoms with Gasteiger partial charge in [0.05, 0.1) is 0 Å². The molecule has 1 saturated carbocycles. The smallest absolute Gasteiger partial charge is 0.320 e. The van der Waals surface area contributed by atoms with Crippen LogP contribution in [0.5, 0.6) is 0 Å². The van der Waals surface area contributed by atoms with Gasteiger partial charge in [-0.25, -0.2) is 5.41 Å². The first-order chi connectivity index (χ1) is 13.4. The molecule has 0 saturated heterocycles. The molecule has 1 amide bonds. The van der Waals surface area contributed by atoms with E-state index in [9.17, 15) is 9.59 Å². The number of carbonyl (C=O) groups is 2. The minimum absolute atomic E-state index is 0.0445. The van der Waals surface area contributed by atoms with Gasteiger partial charge in [-0.1, -0.05) is 18.2 Å². The van der Waals surface area contributed by atoms with Gasteiger partial charge in [-0.2, -0.15) is 0 Å². The van der Waals surface area contributed by atoms with E-state index >= 15 is 0 Å². The standard InChI is InChI=1S/C21H20N4O3/c1-12-3-4-16(19(27)23-17-9-10-17)11-18(12)14-5-7-15(8-6-14)20-24-25(13(2)26)21(22)28-20/h3-8,11,17,22H,9-10H2,1-2H3,(H,23,27). The molecule has 1 fully saturated rings. The average Bonchev–Trinajstić information content (AvgIpc) is 3.40. The van der Waals surface area contributed by atoms with Gasteiger partial charge < -0.3 is 9.73 Å². The number of aromatic nitrogens is 2. The summed E-state index contributed by atoms with van der Waals surface area (Å²) in [7, 11) is 0. The van der Waals surface area contributed by atoms with Gasteiger partial charge in [0.25, 0.3) is 5.91 Å². The number of hydrogen-bond donors (Lipinski definition) is 2. The van der Waals surface area contributed by atoms with Gasteiger partial charge in [-0.05, 0) is 60.7 Å². The van der Waals surface area contributed by atoms with Crippen LogP contribution >= 0.6 is 0 Å². The minimum atomic E-state index is -0.381. The zero-order valence-electron chi connectivity index (χ0n) is 15.7. The zero-order chi connectivity index (χ0) is 19.8. The van der Waals surface area contributed by atoms with E-state index in [1.54, 1.807) is 0 Å². The molecular formula is C21H20N4O3.